The van der Waals surface area contributed by atoms with Gasteiger partial charge in [-0.1, -0.05) is 43.3 Å². The van der Waals surface area contributed by atoms with Gasteiger partial charge in [-0.05, 0) is 95.4 Å². The molecule has 0 saturated heterocycles. The molecule has 0 bridgehead atoms. The second-order valence-electron chi connectivity index (χ2n) is 7.81. The summed E-state index contributed by atoms with van der Waals surface area (Å²) in [4.78, 5) is 0. The predicted molar refractivity (Wildman–Crippen MR) is 113 cm³/mol. The van der Waals surface area contributed by atoms with Crippen molar-refractivity contribution in [3.8, 4) is 0 Å². The van der Waals surface area contributed by atoms with Crippen molar-refractivity contribution in [1.82, 2.24) is 0 Å². The van der Waals surface area contributed by atoms with E-state index >= 15 is 0 Å². The van der Waals surface area contributed by atoms with Gasteiger partial charge in [0.25, 0.3) is 0 Å². The van der Waals surface area contributed by atoms with E-state index in [1.165, 1.54) is 37.9 Å². The molecule has 132 valence electrons. The van der Waals surface area contributed by atoms with Crippen LogP contribution in [0.1, 0.15) is 39.7 Å². The highest BCUT2D eigenvalue weighted by molar-refractivity contribution is 6.04. The summed E-state index contributed by atoms with van der Waals surface area (Å²) in [5, 5.41) is 7.70. The molecule has 0 heterocycles. The van der Waals surface area contributed by atoms with E-state index in [2.05, 4.69) is 94.4 Å². The summed E-state index contributed by atoms with van der Waals surface area (Å²) in [6.07, 6.45) is 1.28. The minimum absolute atomic E-state index is 0.253. The lowest BCUT2D eigenvalue weighted by atomic mass is 9.93. The van der Waals surface area contributed by atoms with Crippen LogP contribution in [-0.4, -0.2) is 6.10 Å². The first-order valence-electron chi connectivity index (χ1n) is 9.51. The van der Waals surface area contributed by atoms with Crippen LogP contribution in [0.15, 0.2) is 66.7 Å². The maximum atomic E-state index is 6.27. The van der Waals surface area contributed by atoms with Crippen LogP contribution in [0.5, 0.6) is 0 Å². The number of rotatable bonds is 4. The lowest BCUT2D eigenvalue weighted by molar-refractivity contribution is -0.0691. The zero-order valence-electron chi connectivity index (χ0n) is 16.0. The van der Waals surface area contributed by atoms with Crippen LogP contribution in [0, 0.1) is 0 Å². The third-order valence-electron chi connectivity index (χ3n) is 5.43. The molecule has 0 saturated carbocycles. The average molecular weight is 342 g/mol. The number of hydrogen-bond donors (Lipinski definition) is 0. The second-order valence-corrected chi connectivity index (χ2v) is 7.81. The van der Waals surface area contributed by atoms with Crippen LogP contribution in [0.3, 0.4) is 0 Å². The van der Waals surface area contributed by atoms with E-state index in [1.54, 1.807) is 0 Å². The van der Waals surface area contributed by atoms with E-state index in [-0.39, 0.29) is 11.7 Å². The van der Waals surface area contributed by atoms with Gasteiger partial charge in [0.1, 0.15) is 0 Å². The molecule has 1 unspecified atom stereocenters. The standard InChI is InChI=1S/C25H26O/c1-5-17(2)26-25(3,4)24-11-10-20-14-21-12-18-8-6-7-9-19(18)13-22(21)15-23(20)16-24/h6-17H,5H2,1-4H3. The molecule has 0 amide bonds. The van der Waals surface area contributed by atoms with Gasteiger partial charge in [0.2, 0.25) is 0 Å². The van der Waals surface area contributed by atoms with E-state index in [0.29, 0.717) is 0 Å². The first kappa shape index (κ1) is 17.1. The van der Waals surface area contributed by atoms with Gasteiger partial charge in [0, 0.05) is 0 Å². The molecule has 0 fully saturated rings. The quantitative estimate of drug-likeness (QED) is 0.356. The topological polar surface area (TPSA) is 9.23 Å². The molecule has 0 aliphatic carbocycles. The Labute approximate surface area is 155 Å². The highest BCUT2D eigenvalue weighted by Gasteiger charge is 2.23. The predicted octanol–water partition coefficient (Wildman–Crippen LogP) is 7.20. The fourth-order valence-corrected chi connectivity index (χ4v) is 3.72. The molecule has 1 nitrogen and oxygen atoms in total. The van der Waals surface area contributed by atoms with E-state index in [0.717, 1.165) is 6.42 Å². The second kappa shape index (κ2) is 6.41. The van der Waals surface area contributed by atoms with Crippen LogP contribution < -0.4 is 0 Å². The summed E-state index contributed by atoms with van der Waals surface area (Å²) in [7, 11) is 0. The van der Waals surface area contributed by atoms with Crippen molar-refractivity contribution >= 4 is 32.3 Å². The largest absolute Gasteiger partial charge is 0.368 e. The van der Waals surface area contributed by atoms with Crippen LogP contribution in [-0.2, 0) is 10.3 Å². The number of ether oxygens (including phenoxy) is 1. The van der Waals surface area contributed by atoms with Crippen molar-refractivity contribution in [1.29, 1.82) is 0 Å². The number of benzene rings is 4. The highest BCUT2D eigenvalue weighted by atomic mass is 16.5. The van der Waals surface area contributed by atoms with Crippen molar-refractivity contribution in [2.24, 2.45) is 0 Å². The van der Waals surface area contributed by atoms with Crippen molar-refractivity contribution in [3.05, 3.63) is 72.3 Å². The fraction of sp³-hybridized carbons (Fsp3) is 0.280. The molecule has 0 aromatic heterocycles. The van der Waals surface area contributed by atoms with Gasteiger partial charge in [0.15, 0.2) is 0 Å². The monoisotopic (exact) mass is 342 g/mol. The van der Waals surface area contributed by atoms with Gasteiger partial charge in [-0.25, -0.2) is 0 Å². The normalized spacial score (nSPS) is 13.5. The minimum atomic E-state index is -0.290. The smallest absolute Gasteiger partial charge is 0.0879 e. The van der Waals surface area contributed by atoms with Gasteiger partial charge in [-0.3, -0.25) is 0 Å². The van der Waals surface area contributed by atoms with E-state index in [9.17, 15) is 0 Å². The molecule has 0 spiro atoms. The zero-order valence-corrected chi connectivity index (χ0v) is 16.0. The fourth-order valence-electron chi connectivity index (χ4n) is 3.72. The van der Waals surface area contributed by atoms with Crippen LogP contribution in [0.25, 0.3) is 32.3 Å². The third-order valence-corrected chi connectivity index (χ3v) is 5.43. The van der Waals surface area contributed by atoms with Crippen LogP contribution >= 0.6 is 0 Å². The molecule has 0 aliphatic rings. The summed E-state index contributed by atoms with van der Waals surface area (Å²) in [5.41, 5.74) is 0.938. The molecular weight excluding hydrogens is 316 g/mol. The van der Waals surface area contributed by atoms with E-state index < -0.39 is 0 Å². The average Bonchev–Trinajstić information content (AvgIpc) is 2.63. The van der Waals surface area contributed by atoms with Crippen molar-refractivity contribution in [2.45, 2.75) is 45.8 Å². The molecule has 0 aliphatic heterocycles. The Morgan fingerprint density at radius 1 is 0.731 bits per heavy atom. The minimum Gasteiger partial charge on any atom is -0.368 e. The summed E-state index contributed by atoms with van der Waals surface area (Å²) >= 11 is 0. The Morgan fingerprint density at radius 3 is 1.81 bits per heavy atom. The highest BCUT2D eigenvalue weighted by Crippen LogP contribution is 2.32. The van der Waals surface area contributed by atoms with Gasteiger partial charge in [0.05, 0.1) is 11.7 Å². The molecule has 4 aromatic carbocycles. The summed E-state index contributed by atoms with van der Waals surface area (Å²) in [5.74, 6) is 0. The van der Waals surface area contributed by atoms with Gasteiger partial charge < -0.3 is 4.74 Å². The maximum absolute atomic E-state index is 6.27. The Balaban J connectivity index is 1.84. The Kier molecular flexibility index (Phi) is 4.20. The molecule has 26 heavy (non-hydrogen) atoms. The third kappa shape index (κ3) is 3.08. The van der Waals surface area contributed by atoms with Crippen molar-refractivity contribution in [3.63, 3.8) is 0 Å². The zero-order chi connectivity index (χ0) is 18.3. The van der Waals surface area contributed by atoms with Gasteiger partial charge >= 0.3 is 0 Å². The first-order valence-corrected chi connectivity index (χ1v) is 9.51. The maximum Gasteiger partial charge on any atom is 0.0879 e. The Bertz CT molecular complexity index is 1090. The Hall–Kier alpha value is -2.38. The van der Waals surface area contributed by atoms with E-state index in [4.69, 9.17) is 4.74 Å². The SMILES string of the molecule is CCC(C)OC(C)(C)c1ccc2cc3cc4ccccc4cc3cc2c1. The first-order chi connectivity index (χ1) is 12.5. The summed E-state index contributed by atoms with van der Waals surface area (Å²) in [6, 6.07) is 24.4. The van der Waals surface area contributed by atoms with Crippen molar-refractivity contribution < 1.29 is 4.74 Å². The number of hydrogen-bond acceptors (Lipinski definition) is 1. The molecular formula is C25H26O. The Morgan fingerprint density at radius 2 is 1.23 bits per heavy atom. The van der Waals surface area contributed by atoms with Crippen LogP contribution in [0.4, 0.5) is 0 Å². The molecule has 4 rings (SSSR count). The summed E-state index contributed by atoms with van der Waals surface area (Å²) < 4.78 is 6.27. The molecule has 1 heteroatoms. The van der Waals surface area contributed by atoms with Gasteiger partial charge in [-0.2, -0.15) is 0 Å². The lowest BCUT2D eigenvalue weighted by Gasteiger charge is -2.29. The molecule has 0 radical (unpaired) electrons. The lowest BCUT2D eigenvalue weighted by Crippen LogP contribution is -2.26. The van der Waals surface area contributed by atoms with E-state index in [1.807, 2.05) is 0 Å². The number of fused-ring (bicyclic) bond motifs is 3. The van der Waals surface area contributed by atoms with Gasteiger partial charge in [-0.15, -0.1) is 0 Å². The van der Waals surface area contributed by atoms with Crippen LogP contribution in [0.2, 0.25) is 0 Å². The molecule has 1 atom stereocenters. The molecule has 0 N–H and O–H groups in total. The summed E-state index contributed by atoms with van der Waals surface area (Å²) in [6.45, 7) is 8.63. The van der Waals surface area contributed by atoms with Crippen molar-refractivity contribution in [2.75, 3.05) is 0 Å². The molecule has 4 aromatic rings.